The normalized spacial score (nSPS) is 14.7. The van der Waals surface area contributed by atoms with Crippen LogP contribution in [0.25, 0.3) is 0 Å². The molecule has 2 atom stereocenters. The summed E-state index contributed by atoms with van der Waals surface area (Å²) in [6, 6.07) is 10.6. The Bertz CT molecular complexity index is 266. The summed E-state index contributed by atoms with van der Waals surface area (Å²) in [5, 5.41) is 0.649. The molecule has 0 aliphatic heterocycles. The van der Waals surface area contributed by atoms with Crippen molar-refractivity contribution in [2.24, 2.45) is 5.92 Å². The molecule has 0 radical (unpaired) electrons. The van der Waals surface area contributed by atoms with Gasteiger partial charge in [0.25, 0.3) is 0 Å². The molecular weight excluding hydrogens is 188 g/mol. The number of allylic oxidation sites excluding steroid dienone is 1. The molecule has 1 aromatic carbocycles. The van der Waals surface area contributed by atoms with Crippen molar-refractivity contribution in [2.75, 3.05) is 0 Å². The molecule has 0 saturated heterocycles. The van der Waals surface area contributed by atoms with Crippen molar-refractivity contribution in [3.8, 4) is 0 Å². The average molecular weight is 206 g/mol. The standard InChI is InChI=1S/C13H18S/c1-4-8-11(2)12(3)14-13-9-6-5-7-10-13/h4-7,9-12H,1,8H2,2-3H3. The summed E-state index contributed by atoms with van der Waals surface area (Å²) in [5.41, 5.74) is 0. The van der Waals surface area contributed by atoms with Gasteiger partial charge in [-0.15, -0.1) is 18.3 Å². The van der Waals surface area contributed by atoms with Gasteiger partial charge in [0.15, 0.2) is 0 Å². The first kappa shape index (κ1) is 11.4. The average Bonchev–Trinajstić information content (AvgIpc) is 2.19. The maximum absolute atomic E-state index is 3.78. The number of rotatable bonds is 5. The third-order valence-electron chi connectivity index (χ3n) is 2.40. The minimum absolute atomic E-state index is 0.649. The second-order valence-electron chi connectivity index (χ2n) is 3.64. The number of hydrogen-bond donors (Lipinski definition) is 0. The largest absolute Gasteiger partial charge is 0.123 e. The highest BCUT2D eigenvalue weighted by atomic mass is 32.2. The summed E-state index contributed by atoms with van der Waals surface area (Å²) >= 11 is 1.94. The van der Waals surface area contributed by atoms with E-state index in [2.05, 4.69) is 50.8 Å². The molecule has 0 aromatic heterocycles. The summed E-state index contributed by atoms with van der Waals surface area (Å²) < 4.78 is 0. The lowest BCUT2D eigenvalue weighted by Gasteiger charge is -2.17. The van der Waals surface area contributed by atoms with Gasteiger partial charge >= 0.3 is 0 Å². The molecule has 14 heavy (non-hydrogen) atoms. The third-order valence-corrected chi connectivity index (χ3v) is 3.79. The summed E-state index contributed by atoms with van der Waals surface area (Å²) in [6.07, 6.45) is 3.10. The lowest BCUT2D eigenvalue weighted by Crippen LogP contribution is -2.08. The molecule has 0 aliphatic rings. The van der Waals surface area contributed by atoms with Crippen LogP contribution in [0.2, 0.25) is 0 Å². The molecule has 1 aromatic rings. The van der Waals surface area contributed by atoms with Crippen molar-refractivity contribution in [1.29, 1.82) is 0 Å². The Morgan fingerprint density at radius 3 is 2.50 bits per heavy atom. The molecule has 0 spiro atoms. The first-order valence-electron chi connectivity index (χ1n) is 5.06. The van der Waals surface area contributed by atoms with Gasteiger partial charge in [0.2, 0.25) is 0 Å². The predicted molar refractivity (Wildman–Crippen MR) is 65.7 cm³/mol. The van der Waals surface area contributed by atoms with Crippen molar-refractivity contribution in [2.45, 2.75) is 30.4 Å². The molecule has 0 heterocycles. The second kappa shape index (κ2) is 5.92. The molecule has 0 nitrogen and oxygen atoms in total. The van der Waals surface area contributed by atoms with Crippen molar-refractivity contribution in [3.05, 3.63) is 43.0 Å². The van der Waals surface area contributed by atoms with Crippen LogP contribution >= 0.6 is 11.8 Å². The number of thioether (sulfide) groups is 1. The zero-order valence-corrected chi connectivity index (χ0v) is 9.76. The van der Waals surface area contributed by atoms with E-state index in [-0.39, 0.29) is 0 Å². The lowest BCUT2D eigenvalue weighted by molar-refractivity contribution is 0.587. The molecule has 1 heteroatoms. The van der Waals surface area contributed by atoms with Gasteiger partial charge in [0.1, 0.15) is 0 Å². The topological polar surface area (TPSA) is 0 Å². The Kier molecular flexibility index (Phi) is 4.81. The monoisotopic (exact) mass is 206 g/mol. The Morgan fingerprint density at radius 1 is 1.29 bits per heavy atom. The molecule has 76 valence electrons. The van der Waals surface area contributed by atoms with Crippen LogP contribution in [-0.4, -0.2) is 5.25 Å². The van der Waals surface area contributed by atoms with Crippen LogP contribution in [-0.2, 0) is 0 Å². The van der Waals surface area contributed by atoms with Crippen LogP contribution in [0.1, 0.15) is 20.3 Å². The van der Waals surface area contributed by atoms with Gasteiger partial charge in [-0.2, -0.15) is 0 Å². The van der Waals surface area contributed by atoms with Crippen LogP contribution in [0.4, 0.5) is 0 Å². The first-order chi connectivity index (χ1) is 6.74. The van der Waals surface area contributed by atoms with Gasteiger partial charge in [-0.3, -0.25) is 0 Å². The van der Waals surface area contributed by atoms with Crippen LogP contribution in [0.15, 0.2) is 47.9 Å². The lowest BCUT2D eigenvalue weighted by atomic mass is 10.1. The van der Waals surface area contributed by atoms with Crippen LogP contribution < -0.4 is 0 Å². The van der Waals surface area contributed by atoms with Gasteiger partial charge in [-0.25, -0.2) is 0 Å². The maximum Gasteiger partial charge on any atom is 0.00946 e. The quantitative estimate of drug-likeness (QED) is 0.509. The minimum Gasteiger partial charge on any atom is -0.123 e. The molecule has 2 unspecified atom stereocenters. The van der Waals surface area contributed by atoms with E-state index in [9.17, 15) is 0 Å². The van der Waals surface area contributed by atoms with Gasteiger partial charge in [0.05, 0.1) is 0 Å². The fourth-order valence-electron chi connectivity index (χ4n) is 1.28. The fraction of sp³-hybridized carbons (Fsp3) is 0.385. The molecule has 0 bridgehead atoms. The molecule has 0 fully saturated rings. The molecule has 0 aliphatic carbocycles. The minimum atomic E-state index is 0.649. The van der Waals surface area contributed by atoms with E-state index < -0.39 is 0 Å². The van der Waals surface area contributed by atoms with Crippen LogP contribution in [0.3, 0.4) is 0 Å². The molecule has 0 saturated carbocycles. The van der Waals surface area contributed by atoms with E-state index in [1.807, 2.05) is 17.8 Å². The highest BCUT2D eigenvalue weighted by Gasteiger charge is 2.11. The summed E-state index contributed by atoms with van der Waals surface area (Å²) in [4.78, 5) is 1.36. The van der Waals surface area contributed by atoms with Gasteiger partial charge in [-0.1, -0.05) is 38.1 Å². The SMILES string of the molecule is C=CCC(C)C(C)Sc1ccccc1. The van der Waals surface area contributed by atoms with Gasteiger partial charge in [-0.05, 0) is 24.5 Å². The zero-order chi connectivity index (χ0) is 10.4. The summed E-state index contributed by atoms with van der Waals surface area (Å²) in [7, 11) is 0. The van der Waals surface area contributed by atoms with E-state index >= 15 is 0 Å². The fourth-order valence-corrected chi connectivity index (χ4v) is 2.37. The van der Waals surface area contributed by atoms with E-state index in [1.54, 1.807) is 0 Å². The predicted octanol–water partition coefficient (Wildman–Crippen LogP) is 4.38. The number of benzene rings is 1. The van der Waals surface area contributed by atoms with E-state index in [1.165, 1.54) is 4.90 Å². The molecular formula is C13H18S. The third kappa shape index (κ3) is 3.59. The number of hydrogen-bond acceptors (Lipinski definition) is 1. The maximum atomic E-state index is 3.78. The van der Waals surface area contributed by atoms with Crippen molar-refractivity contribution >= 4 is 11.8 Å². The molecule has 1 rings (SSSR count). The van der Waals surface area contributed by atoms with E-state index in [0.29, 0.717) is 11.2 Å². The van der Waals surface area contributed by atoms with Gasteiger partial charge in [0, 0.05) is 10.1 Å². The molecule has 0 amide bonds. The van der Waals surface area contributed by atoms with Crippen molar-refractivity contribution in [1.82, 2.24) is 0 Å². The van der Waals surface area contributed by atoms with Crippen molar-refractivity contribution in [3.63, 3.8) is 0 Å². The van der Waals surface area contributed by atoms with Crippen molar-refractivity contribution < 1.29 is 0 Å². The van der Waals surface area contributed by atoms with Crippen LogP contribution in [0, 0.1) is 5.92 Å². The first-order valence-corrected chi connectivity index (χ1v) is 5.94. The molecule has 0 N–H and O–H groups in total. The highest BCUT2D eigenvalue weighted by Crippen LogP contribution is 2.28. The second-order valence-corrected chi connectivity index (χ2v) is 5.09. The highest BCUT2D eigenvalue weighted by molar-refractivity contribution is 8.00. The Balaban J connectivity index is 2.48. The van der Waals surface area contributed by atoms with Crippen LogP contribution in [0.5, 0.6) is 0 Å². The Hall–Kier alpha value is -0.690. The van der Waals surface area contributed by atoms with E-state index in [0.717, 1.165) is 6.42 Å². The smallest absolute Gasteiger partial charge is 0.00946 e. The van der Waals surface area contributed by atoms with Gasteiger partial charge < -0.3 is 0 Å². The summed E-state index contributed by atoms with van der Waals surface area (Å²) in [5.74, 6) is 0.692. The summed E-state index contributed by atoms with van der Waals surface area (Å²) in [6.45, 7) is 8.34. The Labute approximate surface area is 91.4 Å². The zero-order valence-electron chi connectivity index (χ0n) is 8.94. The Morgan fingerprint density at radius 2 is 1.93 bits per heavy atom. The van der Waals surface area contributed by atoms with E-state index in [4.69, 9.17) is 0 Å².